The molecular formula is C13H18N4S. The highest BCUT2D eigenvalue weighted by atomic mass is 32.1. The van der Waals surface area contributed by atoms with Gasteiger partial charge in [-0.25, -0.2) is 9.97 Å². The molecule has 2 aromatic rings. The van der Waals surface area contributed by atoms with Crippen LogP contribution in [0.4, 0.5) is 0 Å². The van der Waals surface area contributed by atoms with E-state index in [0.29, 0.717) is 0 Å². The van der Waals surface area contributed by atoms with E-state index in [2.05, 4.69) is 32.2 Å². The maximum absolute atomic E-state index is 4.36. The lowest BCUT2D eigenvalue weighted by Crippen LogP contribution is -2.39. The van der Waals surface area contributed by atoms with Gasteiger partial charge in [-0.1, -0.05) is 6.92 Å². The molecule has 0 spiro atoms. The summed E-state index contributed by atoms with van der Waals surface area (Å²) in [4.78, 5) is 8.70. The van der Waals surface area contributed by atoms with Gasteiger partial charge >= 0.3 is 0 Å². The van der Waals surface area contributed by atoms with E-state index in [0.717, 1.165) is 25.3 Å². The summed E-state index contributed by atoms with van der Waals surface area (Å²) in [6.07, 6.45) is 6.31. The van der Waals surface area contributed by atoms with Crippen LogP contribution in [-0.2, 0) is 12.0 Å². The Bertz CT molecular complexity index is 497. The standard InChI is InChI=1S/C13H18N4S/c1-13(2-4-14-5-3-13)12-6-15-9-17(12)7-11-8-18-10-16-11/h6,8-10,14H,2-5,7H2,1H3. The van der Waals surface area contributed by atoms with Crippen LogP contribution in [-0.4, -0.2) is 27.6 Å². The molecule has 4 nitrogen and oxygen atoms in total. The number of hydrogen-bond donors (Lipinski definition) is 1. The Hall–Kier alpha value is -1.20. The van der Waals surface area contributed by atoms with Gasteiger partial charge in [0.2, 0.25) is 0 Å². The molecular weight excluding hydrogens is 244 g/mol. The number of hydrogen-bond acceptors (Lipinski definition) is 4. The van der Waals surface area contributed by atoms with Gasteiger partial charge in [0.15, 0.2) is 0 Å². The van der Waals surface area contributed by atoms with Gasteiger partial charge in [-0.2, -0.15) is 0 Å². The van der Waals surface area contributed by atoms with Gasteiger partial charge in [0.05, 0.1) is 24.1 Å². The molecule has 2 aromatic heterocycles. The molecule has 0 saturated carbocycles. The van der Waals surface area contributed by atoms with Crippen molar-refractivity contribution in [1.82, 2.24) is 19.9 Å². The molecule has 0 atom stereocenters. The topological polar surface area (TPSA) is 42.7 Å². The number of thiazole rings is 1. The van der Waals surface area contributed by atoms with E-state index in [1.807, 2.05) is 18.0 Å². The molecule has 0 aromatic carbocycles. The van der Waals surface area contributed by atoms with Crippen LogP contribution in [0.5, 0.6) is 0 Å². The van der Waals surface area contributed by atoms with Crippen LogP contribution in [0.2, 0.25) is 0 Å². The Morgan fingerprint density at radius 2 is 2.28 bits per heavy atom. The lowest BCUT2D eigenvalue weighted by atomic mass is 9.78. The zero-order valence-corrected chi connectivity index (χ0v) is 11.4. The van der Waals surface area contributed by atoms with Gasteiger partial charge in [0.1, 0.15) is 0 Å². The third-order valence-corrected chi connectivity index (χ3v) is 4.49. The normalized spacial score (nSPS) is 18.9. The number of imidazole rings is 1. The first-order valence-corrected chi connectivity index (χ1v) is 7.31. The zero-order valence-electron chi connectivity index (χ0n) is 10.6. The number of nitrogens with zero attached hydrogens (tertiary/aromatic N) is 3. The molecule has 0 amide bonds. The molecule has 1 aliphatic heterocycles. The van der Waals surface area contributed by atoms with Crippen molar-refractivity contribution in [1.29, 1.82) is 0 Å². The van der Waals surface area contributed by atoms with Crippen molar-refractivity contribution in [3.8, 4) is 0 Å². The van der Waals surface area contributed by atoms with Crippen LogP contribution < -0.4 is 5.32 Å². The Morgan fingerprint density at radius 3 is 3.00 bits per heavy atom. The summed E-state index contributed by atoms with van der Waals surface area (Å²) in [5, 5.41) is 5.53. The van der Waals surface area contributed by atoms with Crippen LogP contribution in [0.3, 0.4) is 0 Å². The van der Waals surface area contributed by atoms with Gasteiger partial charge in [0, 0.05) is 22.7 Å². The van der Waals surface area contributed by atoms with Gasteiger partial charge < -0.3 is 9.88 Å². The maximum atomic E-state index is 4.36. The second kappa shape index (κ2) is 4.82. The average molecular weight is 262 g/mol. The first-order valence-electron chi connectivity index (χ1n) is 6.36. The molecule has 0 aliphatic carbocycles. The summed E-state index contributed by atoms with van der Waals surface area (Å²) in [6, 6.07) is 0. The molecule has 3 rings (SSSR count). The van der Waals surface area contributed by atoms with E-state index in [9.17, 15) is 0 Å². The van der Waals surface area contributed by atoms with E-state index in [1.165, 1.54) is 18.5 Å². The predicted octanol–water partition coefficient (Wildman–Crippen LogP) is 2.03. The molecule has 18 heavy (non-hydrogen) atoms. The van der Waals surface area contributed by atoms with E-state index < -0.39 is 0 Å². The molecule has 1 N–H and O–H groups in total. The molecule has 0 bridgehead atoms. The number of rotatable bonds is 3. The lowest BCUT2D eigenvalue weighted by molar-refractivity contribution is 0.318. The van der Waals surface area contributed by atoms with Crippen LogP contribution in [0.15, 0.2) is 23.4 Å². The fourth-order valence-electron chi connectivity index (χ4n) is 2.67. The van der Waals surface area contributed by atoms with Gasteiger partial charge in [-0.3, -0.25) is 0 Å². The van der Waals surface area contributed by atoms with Crippen molar-refractivity contribution < 1.29 is 0 Å². The second-order valence-corrected chi connectivity index (χ2v) is 5.92. The fourth-order valence-corrected chi connectivity index (χ4v) is 3.22. The summed E-state index contributed by atoms with van der Waals surface area (Å²) in [7, 11) is 0. The van der Waals surface area contributed by atoms with Crippen molar-refractivity contribution in [3.63, 3.8) is 0 Å². The summed E-state index contributed by atoms with van der Waals surface area (Å²) in [5.41, 5.74) is 4.60. The monoisotopic (exact) mass is 262 g/mol. The minimum atomic E-state index is 0.248. The first-order chi connectivity index (χ1) is 8.78. The van der Waals surface area contributed by atoms with E-state index in [-0.39, 0.29) is 5.41 Å². The largest absolute Gasteiger partial charge is 0.328 e. The summed E-state index contributed by atoms with van der Waals surface area (Å²) < 4.78 is 2.25. The summed E-state index contributed by atoms with van der Waals surface area (Å²) in [5.74, 6) is 0. The van der Waals surface area contributed by atoms with Crippen LogP contribution in [0, 0.1) is 0 Å². The number of piperidine rings is 1. The van der Waals surface area contributed by atoms with E-state index in [4.69, 9.17) is 0 Å². The quantitative estimate of drug-likeness (QED) is 0.920. The minimum Gasteiger partial charge on any atom is -0.328 e. The molecule has 1 aliphatic rings. The fraction of sp³-hybridized carbons (Fsp3) is 0.538. The highest BCUT2D eigenvalue weighted by molar-refractivity contribution is 7.07. The van der Waals surface area contributed by atoms with Gasteiger partial charge in [-0.15, -0.1) is 11.3 Å². The van der Waals surface area contributed by atoms with Gasteiger partial charge in [-0.05, 0) is 25.9 Å². The molecule has 0 radical (unpaired) electrons. The van der Waals surface area contributed by atoms with Crippen LogP contribution in [0.1, 0.15) is 31.2 Å². The minimum absolute atomic E-state index is 0.248. The van der Waals surface area contributed by atoms with E-state index >= 15 is 0 Å². The Labute approximate surface area is 111 Å². The SMILES string of the molecule is CC1(c2cncn2Cc2cscn2)CCNCC1. The summed E-state index contributed by atoms with van der Waals surface area (Å²) in [6.45, 7) is 5.38. The molecule has 3 heterocycles. The highest BCUT2D eigenvalue weighted by Gasteiger charge is 2.31. The van der Waals surface area contributed by atoms with Crippen molar-refractivity contribution in [2.24, 2.45) is 0 Å². The average Bonchev–Trinajstić information content (AvgIpc) is 3.02. The zero-order chi connectivity index (χ0) is 12.4. The second-order valence-electron chi connectivity index (χ2n) is 5.20. The molecule has 96 valence electrons. The summed E-state index contributed by atoms with van der Waals surface area (Å²) >= 11 is 1.65. The van der Waals surface area contributed by atoms with Crippen LogP contribution >= 0.6 is 11.3 Å². The first kappa shape index (κ1) is 11.9. The lowest BCUT2D eigenvalue weighted by Gasteiger charge is -2.34. The van der Waals surface area contributed by atoms with Crippen molar-refractivity contribution in [2.75, 3.05) is 13.1 Å². The van der Waals surface area contributed by atoms with E-state index in [1.54, 1.807) is 11.3 Å². The predicted molar refractivity (Wildman–Crippen MR) is 72.9 cm³/mol. The maximum Gasteiger partial charge on any atom is 0.0952 e. The number of nitrogens with one attached hydrogen (secondary N) is 1. The molecule has 1 saturated heterocycles. The smallest absolute Gasteiger partial charge is 0.0952 e. The Kier molecular flexibility index (Phi) is 3.18. The Morgan fingerprint density at radius 1 is 1.44 bits per heavy atom. The van der Waals surface area contributed by atoms with Crippen molar-refractivity contribution >= 4 is 11.3 Å². The number of aromatic nitrogens is 3. The molecule has 0 unspecified atom stereocenters. The molecule has 1 fully saturated rings. The van der Waals surface area contributed by atoms with Crippen molar-refractivity contribution in [3.05, 3.63) is 34.8 Å². The highest BCUT2D eigenvalue weighted by Crippen LogP contribution is 2.32. The van der Waals surface area contributed by atoms with Crippen LogP contribution in [0.25, 0.3) is 0 Å². The third-order valence-electron chi connectivity index (χ3n) is 3.85. The van der Waals surface area contributed by atoms with Crippen molar-refractivity contribution in [2.45, 2.75) is 31.7 Å². The Balaban J connectivity index is 1.86. The van der Waals surface area contributed by atoms with Gasteiger partial charge in [0.25, 0.3) is 0 Å². The molecule has 5 heteroatoms. The third kappa shape index (κ3) is 2.20.